The Morgan fingerprint density at radius 1 is 0.897 bits per heavy atom. The Labute approximate surface area is 175 Å². The molecule has 2 unspecified atom stereocenters. The third kappa shape index (κ3) is 6.97. The Balaban J connectivity index is 0.000000170. The first kappa shape index (κ1) is 21.5. The van der Waals surface area contributed by atoms with Gasteiger partial charge in [0.2, 0.25) is 0 Å². The van der Waals surface area contributed by atoms with Gasteiger partial charge in [-0.2, -0.15) is 4.80 Å². The Morgan fingerprint density at radius 2 is 1.52 bits per heavy atom. The monoisotopic (exact) mass is 393 g/mol. The molecule has 0 spiro atoms. The number of fused-ring (bicyclic) bond motifs is 1. The van der Waals surface area contributed by atoms with Gasteiger partial charge >= 0.3 is 0 Å². The summed E-state index contributed by atoms with van der Waals surface area (Å²) in [5.74, 6) is 0.677. The van der Waals surface area contributed by atoms with Crippen LogP contribution >= 0.6 is 0 Å². The van der Waals surface area contributed by atoms with Crippen LogP contribution in [0.15, 0.2) is 48.5 Å². The third-order valence-corrected chi connectivity index (χ3v) is 5.58. The summed E-state index contributed by atoms with van der Waals surface area (Å²) in [6.45, 7) is 4.32. The summed E-state index contributed by atoms with van der Waals surface area (Å²) in [5, 5.41) is 18.0. The number of aromatic nitrogens is 3. The first-order chi connectivity index (χ1) is 14.2. The van der Waals surface area contributed by atoms with Crippen molar-refractivity contribution in [3.63, 3.8) is 0 Å². The van der Waals surface area contributed by atoms with Gasteiger partial charge in [-0.15, -0.1) is 10.2 Å². The van der Waals surface area contributed by atoms with Crippen LogP contribution in [0.3, 0.4) is 0 Å². The predicted molar refractivity (Wildman–Crippen MR) is 120 cm³/mol. The van der Waals surface area contributed by atoms with E-state index in [1.165, 1.54) is 56.9 Å². The van der Waals surface area contributed by atoms with Gasteiger partial charge in [0.05, 0.1) is 11.8 Å². The lowest BCUT2D eigenvalue weighted by molar-refractivity contribution is 0.255. The van der Waals surface area contributed by atoms with Gasteiger partial charge in [-0.25, -0.2) is 0 Å². The van der Waals surface area contributed by atoms with Crippen LogP contribution in [0.5, 0.6) is 0 Å². The van der Waals surface area contributed by atoms with Gasteiger partial charge in [-0.05, 0) is 55.5 Å². The first-order valence-corrected chi connectivity index (χ1v) is 11.2. The van der Waals surface area contributed by atoms with Crippen molar-refractivity contribution in [1.29, 1.82) is 0 Å². The van der Waals surface area contributed by atoms with Crippen molar-refractivity contribution < 1.29 is 5.11 Å². The highest BCUT2D eigenvalue weighted by Crippen LogP contribution is 2.34. The Morgan fingerprint density at radius 3 is 2.10 bits per heavy atom. The van der Waals surface area contributed by atoms with E-state index < -0.39 is 0 Å². The molecule has 29 heavy (non-hydrogen) atoms. The van der Waals surface area contributed by atoms with E-state index in [0.717, 1.165) is 23.1 Å². The zero-order valence-corrected chi connectivity index (χ0v) is 17.9. The molecule has 0 bridgehead atoms. The minimum atomic E-state index is 0.0695. The van der Waals surface area contributed by atoms with E-state index in [0.29, 0.717) is 5.92 Å². The van der Waals surface area contributed by atoms with Crippen LogP contribution in [0, 0.1) is 12.8 Å². The number of nitrogens with zero attached hydrogens (tertiary/aromatic N) is 3. The van der Waals surface area contributed by atoms with Crippen LogP contribution in [0.1, 0.15) is 70.3 Å². The Hall–Kier alpha value is -2.20. The number of unbranched alkanes of at least 4 members (excludes halogenated alkanes) is 6. The molecule has 4 nitrogen and oxygen atoms in total. The number of aliphatic hydroxyl groups is 1. The van der Waals surface area contributed by atoms with Crippen LogP contribution in [0.4, 0.5) is 0 Å². The molecule has 0 saturated heterocycles. The molecule has 0 radical (unpaired) electrons. The van der Waals surface area contributed by atoms with Crippen molar-refractivity contribution in [3.8, 4) is 5.69 Å². The minimum Gasteiger partial charge on any atom is -0.393 e. The summed E-state index contributed by atoms with van der Waals surface area (Å²) < 4.78 is 0. The third-order valence-electron chi connectivity index (χ3n) is 5.58. The van der Waals surface area contributed by atoms with Crippen molar-refractivity contribution in [3.05, 3.63) is 54.1 Å². The van der Waals surface area contributed by atoms with Crippen molar-refractivity contribution in [2.45, 2.75) is 77.7 Å². The Kier molecular flexibility index (Phi) is 8.24. The number of aliphatic hydroxyl groups excluding tert-OH is 1. The second-order valence-electron chi connectivity index (χ2n) is 8.29. The number of benzene rings is 2. The average molecular weight is 394 g/mol. The molecule has 1 fully saturated rings. The molecule has 4 rings (SSSR count). The highest BCUT2D eigenvalue weighted by atomic mass is 16.3. The molecule has 2 atom stereocenters. The molecule has 1 heterocycles. The molecule has 0 aliphatic heterocycles. The summed E-state index contributed by atoms with van der Waals surface area (Å²) in [5.41, 5.74) is 4.04. The first-order valence-electron chi connectivity index (χ1n) is 11.2. The van der Waals surface area contributed by atoms with Gasteiger partial charge in [0, 0.05) is 0 Å². The Bertz CT molecular complexity index is 840. The van der Waals surface area contributed by atoms with Crippen LogP contribution < -0.4 is 0 Å². The molecular weight excluding hydrogens is 358 g/mol. The highest BCUT2D eigenvalue weighted by molar-refractivity contribution is 5.73. The maximum atomic E-state index is 9.10. The molecule has 156 valence electrons. The molecule has 1 aliphatic carbocycles. The molecule has 1 N–H and O–H groups in total. The quantitative estimate of drug-likeness (QED) is 0.438. The van der Waals surface area contributed by atoms with Crippen LogP contribution in [-0.4, -0.2) is 26.2 Å². The predicted octanol–water partition coefficient (Wildman–Crippen LogP) is 6.24. The molecule has 3 aromatic rings. The van der Waals surface area contributed by atoms with Gasteiger partial charge in [0.25, 0.3) is 0 Å². The molecule has 1 aromatic heterocycles. The van der Waals surface area contributed by atoms with Crippen LogP contribution in [0.25, 0.3) is 16.7 Å². The number of hydrogen-bond acceptors (Lipinski definition) is 3. The second-order valence-corrected chi connectivity index (χ2v) is 8.29. The zero-order chi connectivity index (χ0) is 20.5. The van der Waals surface area contributed by atoms with Crippen molar-refractivity contribution in [1.82, 2.24) is 15.0 Å². The summed E-state index contributed by atoms with van der Waals surface area (Å²) in [6, 6.07) is 16.0. The fourth-order valence-corrected chi connectivity index (χ4v) is 3.63. The lowest BCUT2D eigenvalue weighted by Crippen LogP contribution is -1.98. The maximum Gasteiger partial charge on any atom is 0.113 e. The van der Waals surface area contributed by atoms with E-state index in [9.17, 15) is 0 Å². The van der Waals surface area contributed by atoms with Gasteiger partial charge < -0.3 is 5.11 Å². The average Bonchev–Trinajstić information content (AvgIpc) is 3.26. The smallest absolute Gasteiger partial charge is 0.113 e. The standard InChI is InChI=1S/C13H11N3.C12H24O/c1-10-5-4-6-11(9-10)16-14-12-7-2-3-8-13(12)15-16;1-2-3-4-5-6-7-8-9-11-10-12(11)13/h2-9H,1H3;11-13H,2-10H2,1H3. The van der Waals surface area contributed by atoms with Crippen molar-refractivity contribution >= 4 is 11.0 Å². The summed E-state index contributed by atoms with van der Waals surface area (Å²) in [4.78, 5) is 1.68. The van der Waals surface area contributed by atoms with Crippen molar-refractivity contribution in [2.24, 2.45) is 5.92 Å². The summed E-state index contributed by atoms with van der Waals surface area (Å²) in [7, 11) is 0. The highest BCUT2D eigenvalue weighted by Gasteiger charge is 2.33. The molecular formula is C25H35N3O. The van der Waals surface area contributed by atoms with E-state index in [1.807, 2.05) is 36.4 Å². The molecule has 1 saturated carbocycles. The van der Waals surface area contributed by atoms with Gasteiger partial charge in [0.15, 0.2) is 0 Å². The molecule has 2 aromatic carbocycles. The van der Waals surface area contributed by atoms with Gasteiger partial charge in [-0.1, -0.05) is 76.1 Å². The molecule has 0 amide bonds. The molecule has 4 heteroatoms. The normalized spacial score (nSPS) is 17.8. The summed E-state index contributed by atoms with van der Waals surface area (Å²) >= 11 is 0. The maximum absolute atomic E-state index is 9.10. The number of hydrogen-bond donors (Lipinski definition) is 1. The van der Waals surface area contributed by atoms with Crippen LogP contribution in [-0.2, 0) is 0 Å². The SMILES string of the molecule is CCCCCCCCCC1CC1O.Cc1cccc(-n2nc3ccccc3n2)c1. The van der Waals surface area contributed by atoms with Gasteiger partial charge in [0.1, 0.15) is 11.0 Å². The van der Waals surface area contributed by atoms with E-state index in [2.05, 4.69) is 36.2 Å². The van der Waals surface area contributed by atoms with E-state index in [1.54, 1.807) is 4.80 Å². The zero-order valence-electron chi connectivity index (χ0n) is 17.9. The van der Waals surface area contributed by atoms with E-state index >= 15 is 0 Å². The van der Waals surface area contributed by atoms with Gasteiger partial charge in [-0.3, -0.25) is 0 Å². The summed E-state index contributed by atoms with van der Waals surface area (Å²) in [6.07, 6.45) is 12.1. The minimum absolute atomic E-state index is 0.0695. The number of aryl methyl sites for hydroxylation is 1. The van der Waals surface area contributed by atoms with E-state index in [4.69, 9.17) is 5.11 Å². The fraction of sp³-hybridized carbons (Fsp3) is 0.520. The van der Waals surface area contributed by atoms with Crippen LogP contribution in [0.2, 0.25) is 0 Å². The van der Waals surface area contributed by atoms with Crippen molar-refractivity contribution in [2.75, 3.05) is 0 Å². The number of rotatable bonds is 9. The second kappa shape index (κ2) is 11.1. The lowest BCUT2D eigenvalue weighted by atomic mass is 10.1. The van der Waals surface area contributed by atoms with E-state index in [-0.39, 0.29) is 6.10 Å². The largest absolute Gasteiger partial charge is 0.393 e. The fourth-order valence-electron chi connectivity index (χ4n) is 3.63. The topological polar surface area (TPSA) is 50.9 Å². The molecule has 1 aliphatic rings. The lowest BCUT2D eigenvalue weighted by Gasteiger charge is -2.00.